The first kappa shape index (κ1) is 9.13. The van der Waals surface area contributed by atoms with Crippen molar-refractivity contribution < 1.29 is 0 Å². The third-order valence-corrected chi connectivity index (χ3v) is 4.15. The van der Waals surface area contributed by atoms with Crippen molar-refractivity contribution in [2.75, 3.05) is 0 Å². The number of hydrogen-bond acceptors (Lipinski definition) is 0. The predicted octanol–water partition coefficient (Wildman–Crippen LogP) is 3.47. The largest absolute Gasteiger partial charge is 0.103 e. The van der Waals surface area contributed by atoms with E-state index in [1.54, 1.807) is 0 Å². The zero-order valence-electron chi connectivity index (χ0n) is 9.06. The van der Waals surface area contributed by atoms with Crippen LogP contribution in [-0.2, 0) is 0 Å². The van der Waals surface area contributed by atoms with Crippen molar-refractivity contribution in [3.8, 4) is 11.8 Å². The van der Waals surface area contributed by atoms with Gasteiger partial charge in [0.15, 0.2) is 0 Å². The summed E-state index contributed by atoms with van der Waals surface area (Å²) < 4.78 is 0. The Morgan fingerprint density at radius 2 is 1.92 bits per heavy atom. The lowest BCUT2D eigenvalue weighted by Gasteiger charge is -2.11. The van der Waals surface area contributed by atoms with E-state index in [2.05, 4.69) is 32.6 Å². The zero-order valence-corrected chi connectivity index (χ0v) is 9.06. The quantitative estimate of drug-likeness (QED) is 0.537. The highest BCUT2D eigenvalue weighted by Gasteiger charge is 2.60. The Balaban J connectivity index is 2.08. The van der Waals surface area contributed by atoms with Crippen molar-refractivity contribution in [3.63, 3.8) is 0 Å². The van der Waals surface area contributed by atoms with E-state index >= 15 is 0 Å². The molecule has 0 nitrogen and oxygen atoms in total. The van der Waals surface area contributed by atoms with Gasteiger partial charge in [0.25, 0.3) is 0 Å². The van der Waals surface area contributed by atoms with E-state index in [-0.39, 0.29) is 0 Å². The Bertz CT molecular complexity index is 253. The maximum atomic E-state index is 3.28. The molecule has 72 valence electrons. The van der Waals surface area contributed by atoms with Gasteiger partial charge in [0, 0.05) is 12.8 Å². The molecule has 0 saturated heterocycles. The van der Waals surface area contributed by atoms with Gasteiger partial charge in [-0.3, -0.25) is 0 Å². The summed E-state index contributed by atoms with van der Waals surface area (Å²) in [6.45, 7) is 7.23. The molecule has 13 heavy (non-hydrogen) atoms. The van der Waals surface area contributed by atoms with Gasteiger partial charge in [0.1, 0.15) is 0 Å². The summed E-state index contributed by atoms with van der Waals surface area (Å²) in [5.74, 6) is 9.39. The lowest BCUT2D eigenvalue weighted by atomic mass is 9.93. The van der Waals surface area contributed by atoms with Gasteiger partial charge in [0.05, 0.1) is 0 Å². The molecule has 2 aliphatic carbocycles. The molecular formula is C13H20. The molecule has 0 aromatic carbocycles. The fourth-order valence-electron chi connectivity index (χ4n) is 3.52. The second kappa shape index (κ2) is 3.05. The van der Waals surface area contributed by atoms with E-state index < -0.39 is 0 Å². The highest BCUT2D eigenvalue weighted by atomic mass is 14.6. The molecule has 1 fully saturated rings. The Morgan fingerprint density at radius 3 is 2.62 bits per heavy atom. The Labute approximate surface area is 82.1 Å². The van der Waals surface area contributed by atoms with E-state index in [9.17, 15) is 0 Å². The van der Waals surface area contributed by atoms with Crippen LogP contribution in [0.5, 0.6) is 0 Å². The van der Waals surface area contributed by atoms with Gasteiger partial charge in [-0.15, -0.1) is 11.8 Å². The van der Waals surface area contributed by atoms with Crippen LogP contribution < -0.4 is 0 Å². The van der Waals surface area contributed by atoms with Crippen LogP contribution in [0.3, 0.4) is 0 Å². The van der Waals surface area contributed by atoms with Crippen LogP contribution in [0.25, 0.3) is 0 Å². The van der Waals surface area contributed by atoms with Crippen LogP contribution >= 0.6 is 0 Å². The molecule has 2 aliphatic rings. The van der Waals surface area contributed by atoms with Crippen molar-refractivity contribution in [2.24, 2.45) is 23.2 Å². The summed E-state index contributed by atoms with van der Waals surface area (Å²) >= 11 is 0. The van der Waals surface area contributed by atoms with Crippen LogP contribution in [0.4, 0.5) is 0 Å². The summed E-state index contributed by atoms with van der Waals surface area (Å²) in [6.07, 6.45) is 4.97. The molecule has 0 N–H and O–H groups in total. The molecule has 0 spiro atoms. The van der Waals surface area contributed by atoms with Gasteiger partial charge in [0.2, 0.25) is 0 Å². The number of hydrogen-bond donors (Lipinski definition) is 0. The summed E-state index contributed by atoms with van der Waals surface area (Å²) in [7, 11) is 0. The first-order chi connectivity index (χ1) is 6.16. The molecule has 0 heterocycles. The Hall–Kier alpha value is -0.440. The number of fused-ring (bicyclic) bond motifs is 1. The minimum atomic E-state index is 0.656. The maximum absolute atomic E-state index is 3.28. The van der Waals surface area contributed by atoms with Crippen LogP contribution in [0, 0.1) is 35.0 Å². The fourth-order valence-corrected chi connectivity index (χ4v) is 3.52. The molecule has 3 atom stereocenters. The van der Waals surface area contributed by atoms with Gasteiger partial charge >= 0.3 is 0 Å². The third kappa shape index (κ3) is 1.39. The third-order valence-electron chi connectivity index (χ3n) is 4.15. The van der Waals surface area contributed by atoms with Gasteiger partial charge in [-0.2, -0.15) is 0 Å². The smallest absolute Gasteiger partial charge is 0.00940 e. The summed E-state index contributed by atoms with van der Waals surface area (Å²) in [6, 6.07) is 0. The molecule has 0 aliphatic heterocycles. The van der Waals surface area contributed by atoms with E-state index in [1.165, 1.54) is 12.8 Å². The maximum Gasteiger partial charge on any atom is 0.00940 e. The van der Waals surface area contributed by atoms with E-state index in [0.717, 1.165) is 30.6 Å². The van der Waals surface area contributed by atoms with Gasteiger partial charge in [-0.05, 0) is 36.0 Å². The lowest BCUT2D eigenvalue weighted by Crippen LogP contribution is -2.03. The second-order valence-electron chi connectivity index (χ2n) is 5.27. The van der Waals surface area contributed by atoms with Crippen LogP contribution in [-0.4, -0.2) is 0 Å². The van der Waals surface area contributed by atoms with Crippen molar-refractivity contribution in [3.05, 3.63) is 0 Å². The first-order valence-electron chi connectivity index (χ1n) is 5.62. The molecule has 0 unspecified atom stereocenters. The molecule has 0 amide bonds. The molecule has 0 bridgehead atoms. The summed E-state index contributed by atoms with van der Waals surface area (Å²) in [5.41, 5.74) is 0.656. The van der Waals surface area contributed by atoms with Crippen LogP contribution in [0.2, 0.25) is 0 Å². The second-order valence-corrected chi connectivity index (χ2v) is 5.27. The molecule has 0 aromatic rings. The molecule has 1 saturated carbocycles. The highest BCUT2D eigenvalue weighted by molar-refractivity contribution is 5.14. The lowest BCUT2D eigenvalue weighted by molar-refractivity contribution is 0.397. The van der Waals surface area contributed by atoms with E-state index in [0.29, 0.717) is 5.41 Å². The Morgan fingerprint density at radius 1 is 1.23 bits per heavy atom. The van der Waals surface area contributed by atoms with Gasteiger partial charge < -0.3 is 0 Å². The fraction of sp³-hybridized carbons (Fsp3) is 0.846. The van der Waals surface area contributed by atoms with E-state index in [1.807, 2.05) is 0 Å². The monoisotopic (exact) mass is 176 g/mol. The van der Waals surface area contributed by atoms with Crippen LogP contribution in [0.1, 0.15) is 46.5 Å². The van der Waals surface area contributed by atoms with Crippen LogP contribution in [0.15, 0.2) is 0 Å². The minimum Gasteiger partial charge on any atom is -0.103 e. The van der Waals surface area contributed by atoms with Gasteiger partial charge in [-0.1, -0.05) is 20.8 Å². The summed E-state index contributed by atoms with van der Waals surface area (Å²) in [4.78, 5) is 0. The predicted molar refractivity (Wildman–Crippen MR) is 56.2 cm³/mol. The normalized spacial score (nSPS) is 42.8. The zero-order chi connectivity index (χ0) is 9.47. The van der Waals surface area contributed by atoms with Crippen molar-refractivity contribution >= 4 is 0 Å². The molecule has 0 heteroatoms. The highest BCUT2D eigenvalue weighted by Crippen LogP contribution is 2.66. The number of rotatable bonds is 1. The summed E-state index contributed by atoms with van der Waals surface area (Å²) in [5, 5.41) is 0. The van der Waals surface area contributed by atoms with Crippen molar-refractivity contribution in [2.45, 2.75) is 46.5 Å². The Kier molecular flexibility index (Phi) is 2.14. The molecule has 0 radical (unpaired) electrons. The average Bonchev–Trinajstić information content (AvgIpc) is 2.57. The average molecular weight is 176 g/mol. The topological polar surface area (TPSA) is 0 Å². The minimum absolute atomic E-state index is 0.656. The first-order valence-corrected chi connectivity index (χ1v) is 5.62. The standard InChI is InChI=1S/C13H20/c1-10(2)12-11-8-6-4-5-7-9-13(11,12)3/h10-12H,6-9H2,1-3H3/t11-,12+,13+/m0/s1. The van der Waals surface area contributed by atoms with Crippen molar-refractivity contribution in [1.82, 2.24) is 0 Å². The van der Waals surface area contributed by atoms with Crippen molar-refractivity contribution in [1.29, 1.82) is 0 Å². The van der Waals surface area contributed by atoms with E-state index in [4.69, 9.17) is 0 Å². The molecule has 2 rings (SSSR count). The molecule has 0 aromatic heterocycles. The van der Waals surface area contributed by atoms with Gasteiger partial charge in [-0.25, -0.2) is 0 Å². The SMILES string of the molecule is CC(C)[C@@H]1[C@@H]2CCC#CCC[C@@]12C. The molecular weight excluding hydrogens is 156 g/mol.